The van der Waals surface area contributed by atoms with Gasteiger partial charge in [0.1, 0.15) is 0 Å². The predicted molar refractivity (Wildman–Crippen MR) is 117 cm³/mol. The normalized spacial score (nSPS) is 23.8. The van der Waals surface area contributed by atoms with Crippen LogP contribution in [0.15, 0.2) is 41.6 Å². The van der Waals surface area contributed by atoms with Gasteiger partial charge >= 0.3 is 0 Å². The molecule has 2 atom stereocenters. The Morgan fingerprint density at radius 3 is 2.16 bits per heavy atom. The number of amides is 1. The van der Waals surface area contributed by atoms with Crippen LogP contribution in [0, 0.1) is 0 Å². The lowest BCUT2D eigenvalue weighted by Gasteiger charge is -2.38. The minimum atomic E-state index is -3.64. The number of benzene rings is 1. The molecule has 1 amide bonds. The Balaban J connectivity index is 1.32. The summed E-state index contributed by atoms with van der Waals surface area (Å²) in [5.74, 6) is 0.0187. The van der Waals surface area contributed by atoms with Gasteiger partial charge < -0.3 is 4.90 Å². The number of nitrogens with one attached hydrogen (secondary N) is 1. The molecule has 0 saturated carbocycles. The molecule has 2 aliphatic rings. The number of piperidine rings is 1. The number of nitrogens with zero attached hydrogens (tertiary/aromatic N) is 4. The largest absolute Gasteiger partial charge is 0.337 e. The quantitative estimate of drug-likeness (QED) is 0.737. The summed E-state index contributed by atoms with van der Waals surface area (Å²) in [5, 5.41) is 8.51. The predicted octanol–water partition coefficient (Wildman–Crippen LogP) is 2.64. The van der Waals surface area contributed by atoms with Gasteiger partial charge in [-0.2, -0.15) is 15.0 Å². The molecule has 1 N–H and O–H groups in total. The third kappa shape index (κ3) is 4.67. The molecule has 1 aromatic heterocycles. The maximum atomic E-state index is 12.9. The van der Waals surface area contributed by atoms with Gasteiger partial charge in [0.25, 0.3) is 0 Å². The average molecular weight is 446 g/mol. The third-order valence-corrected chi connectivity index (χ3v) is 7.90. The van der Waals surface area contributed by atoms with Crippen molar-refractivity contribution in [3.05, 3.63) is 42.2 Å². The number of rotatable bonds is 6. The fourth-order valence-electron chi connectivity index (χ4n) is 4.80. The smallest absolute Gasteiger partial charge is 0.240 e. The van der Waals surface area contributed by atoms with E-state index in [4.69, 9.17) is 0 Å². The van der Waals surface area contributed by atoms with E-state index in [9.17, 15) is 13.2 Å². The second kappa shape index (κ2) is 8.35. The van der Waals surface area contributed by atoms with E-state index in [0.29, 0.717) is 0 Å². The Kier molecular flexibility index (Phi) is 5.91. The molecule has 8 nitrogen and oxygen atoms in total. The van der Waals surface area contributed by atoms with Gasteiger partial charge in [0.2, 0.25) is 15.9 Å². The van der Waals surface area contributed by atoms with E-state index in [1.54, 1.807) is 29.3 Å². The molecule has 2 fully saturated rings. The van der Waals surface area contributed by atoms with Gasteiger partial charge in [-0.3, -0.25) is 4.79 Å². The molecule has 1 aromatic carbocycles. The van der Waals surface area contributed by atoms with Crippen molar-refractivity contribution < 1.29 is 13.2 Å². The van der Waals surface area contributed by atoms with Crippen LogP contribution in [0.1, 0.15) is 64.5 Å². The summed E-state index contributed by atoms with van der Waals surface area (Å²) in [6, 6.07) is 7.53. The Labute approximate surface area is 184 Å². The van der Waals surface area contributed by atoms with Gasteiger partial charge in [-0.25, -0.2) is 13.1 Å². The molecular formula is C22H31N5O3S. The number of sulfonamides is 1. The van der Waals surface area contributed by atoms with Gasteiger partial charge in [-0.15, -0.1) is 0 Å². The molecule has 2 aromatic rings. The molecule has 3 heterocycles. The summed E-state index contributed by atoms with van der Waals surface area (Å²) in [6.45, 7) is 6.36. The molecule has 4 rings (SSSR count). The van der Waals surface area contributed by atoms with Crippen LogP contribution in [0.4, 0.5) is 0 Å². The fraction of sp³-hybridized carbons (Fsp3) is 0.591. The van der Waals surface area contributed by atoms with Crippen LogP contribution in [0.25, 0.3) is 0 Å². The molecule has 31 heavy (non-hydrogen) atoms. The van der Waals surface area contributed by atoms with Crippen molar-refractivity contribution in [2.24, 2.45) is 0 Å². The first-order chi connectivity index (χ1) is 14.6. The highest BCUT2D eigenvalue weighted by molar-refractivity contribution is 7.89. The summed E-state index contributed by atoms with van der Waals surface area (Å²) in [4.78, 5) is 16.8. The fourth-order valence-corrected chi connectivity index (χ4v) is 5.83. The van der Waals surface area contributed by atoms with Crippen LogP contribution in [0.3, 0.4) is 0 Å². The van der Waals surface area contributed by atoms with E-state index in [1.807, 2.05) is 17.0 Å². The van der Waals surface area contributed by atoms with Gasteiger partial charge in [0.15, 0.2) is 0 Å². The molecule has 0 spiro atoms. The summed E-state index contributed by atoms with van der Waals surface area (Å²) in [6.07, 6.45) is 7.20. The Morgan fingerprint density at radius 2 is 1.61 bits per heavy atom. The van der Waals surface area contributed by atoms with E-state index in [0.717, 1.165) is 31.2 Å². The summed E-state index contributed by atoms with van der Waals surface area (Å²) >= 11 is 0. The topological polar surface area (TPSA) is 97.2 Å². The first-order valence-corrected chi connectivity index (χ1v) is 12.4. The van der Waals surface area contributed by atoms with E-state index in [1.165, 1.54) is 0 Å². The molecule has 168 valence electrons. The van der Waals surface area contributed by atoms with Gasteiger partial charge in [-0.1, -0.05) is 32.9 Å². The van der Waals surface area contributed by atoms with E-state index >= 15 is 0 Å². The van der Waals surface area contributed by atoms with Crippen molar-refractivity contribution in [2.75, 3.05) is 6.54 Å². The lowest BCUT2D eigenvalue weighted by atomic mass is 9.87. The number of aromatic nitrogens is 3. The first-order valence-electron chi connectivity index (χ1n) is 10.9. The third-order valence-electron chi connectivity index (χ3n) is 6.42. The number of carbonyl (C=O) groups is 1. The van der Waals surface area contributed by atoms with Crippen molar-refractivity contribution >= 4 is 15.9 Å². The van der Waals surface area contributed by atoms with Gasteiger partial charge in [0, 0.05) is 25.0 Å². The van der Waals surface area contributed by atoms with Crippen LogP contribution in [-0.2, 0) is 20.2 Å². The standard InChI is InChI=1S/C22H31N5O3S/c1-22(2,3)16-4-8-20(9-5-16)31(29,30)25-11-10-21(28)26-17-6-7-18(26)15-19(14-17)27-23-12-13-24-27/h4-5,8-9,12-13,17-19,25H,6-7,10-11,14-15H2,1-3H3. The molecule has 2 bridgehead atoms. The zero-order valence-corrected chi connectivity index (χ0v) is 19.2. The molecule has 2 unspecified atom stereocenters. The van der Waals surface area contributed by atoms with Crippen LogP contribution in [-0.4, -0.2) is 52.8 Å². The minimum absolute atomic E-state index is 0.0187. The zero-order valence-electron chi connectivity index (χ0n) is 18.4. The lowest BCUT2D eigenvalue weighted by Crippen LogP contribution is -2.47. The van der Waals surface area contributed by atoms with Crippen LogP contribution in [0.2, 0.25) is 0 Å². The molecule has 2 aliphatic heterocycles. The van der Waals surface area contributed by atoms with E-state index in [-0.39, 0.29) is 47.3 Å². The summed E-state index contributed by atoms with van der Waals surface area (Å²) in [5.41, 5.74) is 1.04. The molecule has 9 heteroatoms. The first kappa shape index (κ1) is 22.0. The second-order valence-electron chi connectivity index (χ2n) is 9.58. The number of fused-ring (bicyclic) bond motifs is 2. The highest BCUT2D eigenvalue weighted by Crippen LogP contribution is 2.40. The maximum absolute atomic E-state index is 12.9. The molecular weight excluding hydrogens is 414 g/mol. The summed E-state index contributed by atoms with van der Waals surface area (Å²) in [7, 11) is -3.64. The highest BCUT2D eigenvalue weighted by Gasteiger charge is 2.43. The monoisotopic (exact) mass is 445 g/mol. The Bertz CT molecular complexity index is 998. The van der Waals surface area contributed by atoms with Crippen LogP contribution < -0.4 is 4.72 Å². The van der Waals surface area contributed by atoms with Crippen molar-refractivity contribution in [1.29, 1.82) is 0 Å². The number of hydrogen-bond acceptors (Lipinski definition) is 5. The van der Waals surface area contributed by atoms with Crippen LogP contribution in [0.5, 0.6) is 0 Å². The van der Waals surface area contributed by atoms with E-state index < -0.39 is 10.0 Å². The van der Waals surface area contributed by atoms with Crippen molar-refractivity contribution in [3.8, 4) is 0 Å². The lowest BCUT2D eigenvalue weighted by molar-refractivity contribution is -0.136. The Hall–Kier alpha value is -2.26. The Morgan fingerprint density at radius 1 is 1.03 bits per heavy atom. The molecule has 0 radical (unpaired) electrons. The van der Waals surface area contributed by atoms with Crippen molar-refractivity contribution in [3.63, 3.8) is 0 Å². The number of carbonyl (C=O) groups excluding carboxylic acids is 1. The number of hydrogen-bond donors (Lipinski definition) is 1. The molecule has 0 aliphatic carbocycles. The van der Waals surface area contributed by atoms with Crippen LogP contribution >= 0.6 is 0 Å². The summed E-state index contributed by atoms with van der Waals surface area (Å²) < 4.78 is 27.8. The average Bonchev–Trinajstić information content (AvgIpc) is 3.34. The van der Waals surface area contributed by atoms with E-state index in [2.05, 4.69) is 35.7 Å². The maximum Gasteiger partial charge on any atom is 0.240 e. The van der Waals surface area contributed by atoms with Crippen molar-refractivity contribution in [1.82, 2.24) is 24.6 Å². The zero-order chi connectivity index (χ0) is 22.2. The van der Waals surface area contributed by atoms with Gasteiger partial charge in [0.05, 0.1) is 23.3 Å². The SMILES string of the molecule is CC(C)(C)c1ccc(S(=O)(=O)NCCC(=O)N2C3CCC2CC(n2nccn2)C3)cc1. The minimum Gasteiger partial charge on any atom is -0.337 e. The second-order valence-corrected chi connectivity index (χ2v) is 11.3. The highest BCUT2D eigenvalue weighted by atomic mass is 32.2. The van der Waals surface area contributed by atoms with Gasteiger partial charge in [-0.05, 0) is 48.8 Å². The van der Waals surface area contributed by atoms with Crippen molar-refractivity contribution in [2.45, 2.75) is 81.3 Å². The molecule has 2 saturated heterocycles.